The number of rotatable bonds is 8. The summed E-state index contributed by atoms with van der Waals surface area (Å²) in [5.41, 5.74) is 0. The second kappa shape index (κ2) is 7.99. The second-order valence-electron chi connectivity index (χ2n) is 5.59. The van der Waals surface area contributed by atoms with E-state index >= 15 is 0 Å². The Balaban J connectivity index is 1.58. The van der Waals surface area contributed by atoms with Gasteiger partial charge in [0.25, 0.3) is 0 Å². The lowest BCUT2D eigenvalue weighted by atomic mass is 10.3. The standard InChI is InChI=1S/C18H20N2O3S/c1-14-6-7-17(24-14)12-20(11-16-5-3-9-23-16)13-18(21)19-10-15-4-2-8-22-15/h2-9H,10-13H2,1H3,(H,19,21). The first-order chi connectivity index (χ1) is 11.7. The molecule has 3 aromatic heterocycles. The molecule has 0 aliphatic rings. The fourth-order valence-electron chi connectivity index (χ4n) is 2.44. The quantitative estimate of drug-likeness (QED) is 0.679. The van der Waals surface area contributed by atoms with Crippen LogP contribution in [0, 0.1) is 6.92 Å². The molecule has 5 nitrogen and oxygen atoms in total. The fraction of sp³-hybridized carbons (Fsp3) is 0.278. The van der Waals surface area contributed by atoms with Gasteiger partial charge in [-0.2, -0.15) is 0 Å². The smallest absolute Gasteiger partial charge is 0.234 e. The molecule has 0 spiro atoms. The van der Waals surface area contributed by atoms with E-state index < -0.39 is 0 Å². The van der Waals surface area contributed by atoms with Crippen LogP contribution in [0.15, 0.2) is 57.8 Å². The minimum absolute atomic E-state index is 0.0359. The third-order valence-electron chi connectivity index (χ3n) is 3.54. The molecule has 1 N–H and O–H groups in total. The van der Waals surface area contributed by atoms with Crippen LogP contribution in [0.2, 0.25) is 0 Å². The number of amides is 1. The van der Waals surface area contributed by atoms with E-state index in [4.69, 9.17) is 8.83 Å². The summed E-state index contributed by atoms with van der Waals surface area (Å²) in [5, 5.41) is 2.88. The molecule has 0 aliphatic carbocycles. The molecule has 0 fully saturated rings. The van der Waals surface area contributed by atoms with Gasteiger partial charge in [0.15, 0.2) is 0 Å². The summed E-state index contributed by atoms with van der Waals surface area (Å²) in [6, 6.07) is 11.6. The van der Waals surface area contributed by atoms with Crippen molar-refractivity contribution in [2.45, 2.75) is 26.6 Å². The number of nitrogens with one attached hydrogen (secondary N) is 1. The number of nitrogens with zero attached hydrogens (tertiary/aromatic N) is 1. The highest BCUT2D eigenvalue weighted by Crippen LogP contribution is 2.18. The highest BCUT2D eigenvalue weighted by molar-refractivity contribution is 7.11. The van der Waals surface area contributed by atoms with Gasteiger partial charge in [0, 0.05) is 16.3 Å². The molecule has 0 unspecified atom stereocenters. The zero-order valence-corrected chi connectivity index (χ0v) is 14.3. The van der Waals surface area contributed by atoms with Crippen molar-refractivity contribution in [3.8, 4) is 0 Å². The van der Waals surface area contributed by atoms with Crippen molar-refractivity contribution in [2.24, 2.45) is 0 Å². The molecule has 0 bridgehead atoms. The first-order valence-corrected chi connectivity index (χ1v) is 8.60. The Morgan fingerprint density at radius 2 is 1.83 bits per heavy atom. The van der Waals surface area contributed by atoms with Crippen LogP contribution in [-0.4, -0.2) is 17.4 Å². The van der Waals surface area contributed by atoms with Gasteiger partial charge in [0.2, 0.25) is 5.91 Å². The molecule has 3 heterocycles. The van der Waals surface area contributed by atoms with Crippen LogP contribution in [0.3, 0.4) is 0 Å². The Kier molecular flexibility index (Phi) is 5.51. The van der Waals surface area contributed by atoms with Crippen molar-refractivity contribution in [1.82, 2.24) is 10.2 Å². The lowest BCUT2D eigenvalue weighted by molar-refractivity contribution is -0.122. The van der Waals surface area contributed by atoms with Gasteiger partial charge >= 0.3 is 0 Å². The molecule has 0 saturated carbocycles. The van der Waals surface area contributed by atoms with E-state index in [9.17, 15) is 4.79 Å². The summed E-state index contributed by atoms with van der Waals surface area (Å²) in [6.07, 6.45) is 3.25. The molecule has 1 amide bonds. The first-order valence-electron chi connectivity index (χ1n) is 7.78. The molecular weight excluding hydrogens is 324 g/mol. The Labute approximate surface area is 144 Å². The van der Waals surface area contributed by atoms with Crippen LogP contribution >= 0.6 is 11.3 Å². The molecule has 3 rings (SSSR count). The van der Waals surface area contributed by atoms with E-state index in [0.717, 1.165) is 11.5 Å². The van der Waals surface area contributed by atoms with Crippen molar-refractivity contribution >= 4 is 17.2 Å². The number of furan rings is 2. The van der Waals surface area contributed by atoms with Gasteiger partial charge in [0.1, 0.15) is 11.5 Å². The molecule has 126 valence electrons. The van der Waals surface area contributed by atoms with Crippen LogP contribution in [0.1, 0.15) is 21.3 Å². The van der Waals surface area contributed by atoms with Crippen molar-refractivity contribution in [2.75, 3.05) is 6.54 Å². The predicted octanol–water partition coefficient (Wildman–Crippen LogP) is 3.56. The summed E-state index contributed by atoms with van der Waals surface area (Å²) in [7, 11) is 0. The Bertz CT molecular complexity index is 747. The lowest BCUT2D eigenvalue weighted by Gasteiger charge is -2.20. The van der Waals surface area contributed by atoms with Crippen molar-refractivity contribution in [1.29, 1.82) is 0 Å². The first kappa shape index (κ1) is 16.5. The molecular formula is C18H20N2O3S. The van der Waals surface area contributed by atoms with Crippen LogP contribution < -0.4 is 5.32 Å². The van der Waals surface area contributed by atoms with Crippen molar-refractivity contribution in [3.05, 3.63) is 70.2 Å². The third-order valence-corrected chi connectivity index (χ3v) is 4.53. The van der Waals surface area contributed by atoms with Gasteiger partial charge in [-0.1, -0.05) is 0 Å². The van der Waals surface area contributed by atoms with Gasteiger partial charge in [-0.15, -0.1) is 11.3 Å². The monoisotopic (exact) mass is 344 g/mol. The predicted molar refractivity (Wildman–Crippen MR) is 92.4 cm³/mol. The minimum atomic E-state index is -0.0359. The van der Waals surface area contributed by atoms with E-state index in [2.05, 4.69) is 29.3 Å². The number of hydrogen-bond donors (Lipinski definition) is 1. The average molecular weight is 344 g/mol. The van der Waals surface area contributed by atoms with Crippen molar-refractivity contribution < 1.29 is 13.6 Å². The maximum atomic E-state index is 12.3. The highest BCUT2D eigenvalue weighted by atomic mass is 32.1. The van der Waals surface area contributed by atoms with E-state index in [1.807, 2.05) is 24.3 Å². The topological polar surface area (TPSA) is 58.6 Å². The van der Waals surface area contributed by atoms with Crippen LogP contribution in [0.5, 0.6) is 0 Å². The molecule has 0 aliphatic heterocycles. The van der Waals surface area contributed by atoms with Gasteiger partial charge in [0.05, 0.1) is 32.2 Å². The summed E-state index contributed by atoms with van der Waals surface area (Å²) in [6.45, 7) is 4.10. The van der Waals surface area contributed by atoms with E-state index in [1.165, 1.54) is 9.75 Å². The number of carbonyl (C=O) groups is 1. The molecule has 0 radical (unpaired) electrons. The zero-order valence-electron chi connectivity index (χ0n) is 13.5. The lowest BCUT2D eigenvalue weighted by Crippen LogP contribution is -2.36. The minimum Gasteiger partial charge on any atom is -0.468 e. The van der Waals surface area contributed by atoms with E-state index in [0.29, 0.717) is 26.2 Å². The molecule has 0 atom stereocenters. The Hall–Kier alpha value is -2.31. The van der Waals surface area contributed by atoms with Gasteiger partial charge in [-0.3, -0.25) is 9.69 Å². The number of aryl methyl sites for hydroxylation is 1. The fourth-order valence-corrected chi connectivity index (χ4v) is 3.37. The van der Waals surface area contributed by atoms with Gasteiger partial charge in [-0.25, -0.2) is 0 Å². The maximum Gasteiger partial charge on any atom is 0.234 e. The summed E-state index contributed by atoms with van der Waals surface area (Å²) >= 11 is 1.75. The zero-order chi connectivity index (χ0) is 16.8. The SMILES string of the molecule is Cc1ccc(CN(CC(=O)NCc2ccco2)Cc2ccco2)s1. The third kappa shape index (κ3) is 4.84. The highest BCUT2D eigenvalue weighted by Gasteiger charge is 2.14. The summed E-state index contributed by atoms with van der Waals surface area (Å²) < 4.78 is 10.7. The normalized spacial score (nSPS) is 11.1. The van der Waals surface area contributed by atoms with E-state index in [1.54, 1.807) is 23.9 Å². The summed E-state index contributed by atoms with van der Waals surface area (Å²) in [5.74, 6) is 1.56. The average Bonchev–Trinajstić information content (AvgIpc) is 3.28. The maximum absolute atomic E-state index is 12.3. The second-order valence-corrected chi connectivity index (χ2v) is 6.97. The number of thiophene rings is 1. The molecule has 6 heteroatoms. The van der Waals surface area contributed by atoms with Crippen LogP contribution in [0.4, 0.5) is 0 Å². The molecule has 24 heavy (non-hydrogen) atoms. The largest absolute Gasteiger partial charge is 0.468 e. The van der Waals surface area contributed by atoms with Gasteiger partial charge < -0.3 is 14.2 Å². The van der Waals surface area contributed by atoms with Crippen LogP contribution in [-0.2, 0) is 24.4 Å². The Morgan fingerprint density at radius 3 is 2.46 bits per heavy atom. The van der Waals surface area contributed by atoms with Gasteiger partial charge in [-0.05, 0) is 43.3 Å². The van der Waals surface area contributed by atoms with Crippen molar-refractivity contribution in [3.63, 3.8) is 0 Å². The molecule has 3 aromatic rings. The summed E-state index contributed by atoms with van der Waals surface area (Å²) in [4.78, 5) is 16.8. The van der Waals surface area contributed by atoms with E-state index in [-0.39, 0.29) is 5.91 Å². The molecule has 0 aromatic carbocycles. The number of hydrogen-bond acceptors (Lipinski definition) is 5. The molecule has 0 saturated heterocycles. The Morgan fingerprint density at radius 1 is 1.08 bits per heavy atom. The van der Waals surface area contributed by atoms with Crippen LogP contribution in [0.25, 0.3) is 0 Å². The number of carbonyl (C=O) groups excluding carboxylic acids is 1.